The molecule has 2 unspecified atom stereocenters. The lowest BCUT2D eigenvalue weighted by Gasteiger charge is -2.38. The Morgan fingerprint density at radius 2 is 2.05 bits per heavy atom. The number of aryl methyl sites for hydroxylation is 1. The van der Waals surface area contributed by atoms with Crippen LogP contribution < -0.4 is 10.6 Å². The van der Waals surface area contributed by atoms with Gasteiger partial charge in [0.2, 0.25) is 0 Å². The molecule has 22 heavy (non-hydrogen) atoms. The van der Waals surface area contributed by atoms with Crippen LogP contribution in [0.4, 0.5) is 5.69 Å². The third kappa shape index (κ3) is 4.96. The summed E-state index contributed by atoms with van der Waals surface area (Å²) < 4.78 is 0. The fourth-order valence-electron chi connectivity index (χ4n) is 3.13. The monoisotopic (exact) mass is 319 g/mol. The molecule has 1 saturated heterocycles. The molecule has 1 aliphatic rings. The highest BCUT2D eigenvalue weighted by Gasteiger charge is 2.22. The molecule has 0 spiro atoms. The zero-order chi connectivity index (χ0) is 15.9. The van der Waals surface area contributed by atoms with Gasteiger partial charge in [0, 0.05) is 24.3 Å². The molecule has 1 heterocycles. The Kier molecular flexibility index (Phi) is 6.65. The Hall–Kier alpha value is -1.13. The number of thiocarbonyl (C=S) groups is 1. The highest BCUT2D eigenvalue weighted by Crippen LogP contribution is 2.18. The van der Waals surface area contributed by atoms with E-state index in [1.165, 1.54) is 31.4 Å². The third-order valence-corrected chi connectivity index (χ3v) is 4.85. The quantitative estimate of drug-likeness (QED) is 0.807. The highest BCUT2D eigenvalue weighted by molar-refractivity contribution is 7.80. The summed E-state index contributed by atoms with van der Waals surface area (Å²) in [5.41, 5.74) is 2.39. The first-order valence-electron chi connectivity index (χ1n) is 8.49. The smallest absolute Gasteiger partial charge is 0.170 e. The molecular formula is C18H29N3S. The van der Waals surface area contributed by atoms with Crippen molar-refractivity contribution < 1.29 is 0 Å². The van der Waals surface area contributed by atoms with Crippen LogP contribution in [0.15, 0.2) is 24.3 Å². The molecule has 4 heteroatoms. The maximum Gasteiger partial charge on any atom is 0.170 e. The van der Waals surface area contributed by atoms with E-state index in [1.54, 1.807) is 0 Å². The SMILES string of the molecule is CCc1ccc(NC(=S)NCC(C)N2CCCCC2C)cc1. The Morgan fingerprint density at radius 1 is 1.32 bits per heavy atom. The molecule has 1 fully saturated rings. The molecule has 0 amide bonds. The summed E-state index contributed by atoms with van der Waals surface area (Å²) in [4.78, 5) is 2.59. The Bertz CT molecular complexity index is 472. The zero-order valence-electron chi connectivity index (χ0n) is 14.1. The Balaban J connectivity index is 1.76. The molecule has 0 aromatic heterocycles. The molecule has 122 valence electrons. The van der Waals surface area contributed by atoms with E-state index < -0.39 is 0 Å². The highest BCUT2D eigenvalue weighted by atomic mass is 32.1. The van der Waals surface area contributed by atoms with Crippen molar-refractivity contribution >= 4 is 23.0 Å². The lowest BCUT2D eigenvalue weighted by atomic mass is 10.0. The van der Waals surface area contributed by atoms with E-state index in [0.29, 0.717) is 17.2 Å². The number of likely N-dealkylation sites (tertiary alicyclic amines) is 1. The van der Waals surface area contributed by atoms with Crippen LogP contribution in [-0.2, 0) is 6.42 Å². The van der Waals surface area contributed by atoms with Crippen molar-refractivity contribution in [1.82, 2.24) is 10.2 Å². The fraction of sp³-hybridized carbons (Fsp3) is 0.611. The predicted octanol–water partition coefficient (Wildman–Crippen LogP) is 3.80. The number of piperidine rings is 1. The number of nitrogens with one attached hydrogen (secondary N) is 2. The van der Waals surface area contributed by atoms with Gasteiger partial charge in [-0.15, -0.1) is 0 Å². The summed E-state index contributed by atoms with van der Waals surface area (Å²) in [6, 6.07) is 9.66. The van der Waals surface area contributed by atoms with Crippen LogP contribution in [0.3, 0.4) is 0 Å². The van der Waals surface area contributed by atoms with E-state index in [-0.39, 0.29) is 0 Å². The summed E-state index contributed by atoms with van der Waals surface area (Å²) in [6.45, 7) is 8.89. The van der Waals surface area contributed by atoms with Gasteiger partial charge in [-0.1, -0.05) is 25.5 Å². The molecule has 1 aromatic rings. The number of hydrogen-bond donors (Lipinski definition) is 2. The van der Waals surface area contributed by atoms with Crippen molar-refractivity contribution in [3.05, 3.63) is 29.8 Å². The molecule has 2 N–H and O–H groups in total. The van der Waals surface area contributed by atoms with Gasteiger partial charge in [0.1, 0.15) is 0 Å². The molecule has 0 radical (unpaired) electrons. The maximum absolute atomic E-state index is 5.41. The second-order valence-electron chi connectivity index (χ2n) is 6.32. The predicted molar refractivity (Wildman–Crippen MR) is 99.5 cm³/mol. The lowest BCUT2D eigenvalue weighted by molar-refractivity contribution is 0.116. The maximum atomic E-state index is 5.41. The number of hydrogen-bond acceptors (Lipinski definition) is 2. The van der Waals surface area contributed by atoms with Crippen LogP contribution >= 0.6 is 12.2 Å². The number of benzene rings is 1. The minimum atomic E-state index is 0.512. The molecule has 2 atom stereocenters. The van der Waals surface area contributed by atoms with Crippen molar-refractivity contribution in [2.75, 3.05) is 18.4 Å². The minimum absolute atomic E-state index is 0.512. The van der Waals surface area contributed by atoms with E-state index in [1.807, 2.05) is 0 Å². The molecule has 0 bridgehead atoms. The van der Waals surface area contributed by atoms with E-state index in [0.717, 1.165) is 18.7 Å². The van der Waals surface area contributed by atoms with E-state index in [9.17, 15) is 0 Å². The fourth-order valence-corrected chi connectivity index (χ4v) is 3.33. The van der Waals surface area contributed by atoms with Crippen LogP contribution in [0.25, 0.3) is 0 Å². The molecule has 3 nitrogen and oxygen atoms in total. The van der Waals surface area contributed by atoms with Gasteiger partial charge >= 0.3 is 0 Å². The van der Waals surface area contributed by atoms with Crippen molar-refractivity contribution in [3.8, 4) is 0 Å². The Morgan fingerprint density at radius 3 is 2.68 bits per heavy atom. The first-order chi connectivity index (χ1) is 10.6. The van der Waals surface area contributed by atoms with Gasteiger partial charge in [0.15, 0.2) is 5.11 Å². The average Bonchev–Trinajstić information content (AvgIpc) is 2.54. The topological polar surface area (TPSA) is 27.3 Å². The van der Waals surface area contributed by atoms with E-state index in [2.05, 4.69) is 60.6 Å². The van der Waals surface area contributed by atoms with Crippen LogP contribution in [0.5, 0.6) is 0 Å². The van der Waals surface area contributed by atoms with Crippen molar-refractivity contribution in [1.29, 1.82) is 0 Å². The van der Waals surface area contributed by atoms with Crippen LogP contribution in [0.1, 0.15) is 45.6 Å². The molecule has 0 aliphatic carbocycles. The first-order valence-corrected chi connectivity index (χ1v) is 8.90. The normalized spacial score (nSPS) is 20.4. The van der Waals surface area contributed by atoms with Crippen LogP contribution in [0, 0.1) is 0 Å². The molecule has 1 aromatic carbocycles. The van der Waals surface area contributed by atoms with Gasteiger partial charge < -0.3 is 10.6 Å². The van der Waals surface area contributed by atoms with Gasteiger partial charge in [-0.2, -0.15) is 0 Å². The summed E-state index contributed by atoms with van der Waals surface area (Å²) >= 11 is 5.41. The standard InChI is InChI=1S/C18H29N3S/c1-4-16-8-10-17(11-9-16)20-18(22)19-13-15(3)21-12-6-5-7-14(21)2/h8-11,14-15H,4-7,12-13H2,1-3H3,(H2,19,20,22). The van der Waals surface area contributed by atoms with Crippen molar-refractivity contribution in [2.24, 2.45) is 0 Å². The second-order valence-corrected chi connectivity index (χ2v) is 6.73. The summed E-state index contributed by atoms with van der Waals surface area (Å²) in [5.74, 6) is 0. The van der Waals surface area contributed by atoms with Gasteiger partial charge in [0.25, 0.3) is 0 Å². The average molecular weight is 320 g/mol. The van der Waals surface area contributed by atoms with E-state index in [4.69, 9.17) is 12.2 Å². The Labute approximate surface area is 140 Å². The second kappa shape index (κ2) is 8.49. The van der Waals surface area contributed by atoms with Gasteiger partial charge in [0.05, 0.1) is 0 Å². The molecule has 0 saturated carbocycles. The summed E-state index contributed by atoms with van der Waals surface area (Å²) in [7, 11) is 0. The molecule has 2 rings (SSSR count). The third-order valence-electron chi connectivity index (χ3n) is 4.60. The number of rotatable bonds is 5. The van der Waals surface area contributed by atoms with Crippen LogP contribution in [-0.4, -0.2) is 35.2 Å². The lowest BCUT2D eigenvalue weighted by Crippen LogP contribution is -2.48. The van der Waals surface area contributed by atoms with Crippen molar-refractivity contribution in [2.45, 2.75) is 58.5 Å². The van der Waals surface area contributed by atoms with Crippen molar-refractivity contribution in [3.63, 3.8) is 0 Å². The van der Waals surface area contributed by atoms with Crippen LogP contribution in [0.2, 0.25) is 0 Å². The minimum Gasteiger partial charge on any atom is -0.361 e. The summed E-state index contributed by atoms with van der Waals surface area (Å²) in [5, 5.41) is 7.33. The zero-order valence-corrected chi connectivity index (χ0v) is 14.9. The van der Waals surface area contributed by atoms with E-state index >= 15 is 0 Å². The largest absolute Gasteiger partial charge is 0.361 e. The number of nitrogens with zero attached hydrogens (tertiary/aromatic N) is 1. The van der Waals surface area contributed by atoms with Gasteiger partial charge in [-0.05, 0) is 69.6 Å². The van der Waals surface area contributed by atoms with Gasteiger partial charge in [-0.3, -0.25) is 4.90 Å². The van der Waals surface area contributed by atoms with Gasteiger partial charge in [-0.25, -0.2) is 0 Å². The number of anilines is 1. The summed E-state index contributed by atoms with van der Waals surface area (Å²) in [6.07, 6.45) is 5.07. The molecular weight excluding hydrogens is 290 g/mol. The first kappa shape index (κ1) is 17.2. The molecule has 1 aliphatic heterocycles.